The van der Waals surface area contributed by atoms with Gasteiger partial charge < -0.3 is 10.8 Å². The lowest BCUT2D eigenvalue weighted by Crippen LogP contribution is -2.07. The fourth-order valence-electron chi connectivity index (χ4n) is 1.96. The van der Waals surface area contributed by atoms with Gasteiger partial charge in [0.15, 0.2) is 0 Å². The van der Waals surface area contributed by atoms with Gasteiger partial charge in [-0.15, -0.1) is 0 Å². The molecule has 15 heavy (non-hydrogen) atoms. The van der Waals surface area contributed by atoms with E-state index in [-0.39, 0.29) is 0 Å². The number of benzene rings is 1. The standard InChI is InChI=1S/C13H19NO/c1-10(5-8-14)11-3-2-4-12(9-11)13(15)6-7-13/h2-4,9-10,15H,5-8,14H2,1H3. The first kappa shape index (κ1) is 10.7. The third-order valence-electron chi connectivity index (χ3n) is 3.32. The highest BCUT2D eigenvalue weighted by atomic mass is 16.3. The van der Waals surface area contributed by atoms with Gasteiger partial charge >= 0.3 is 0 Å². The van der Waals surface area contributed by atoms with Crippen LogP contribution < -0.4 is 5.73 Å². The van der Waals surface area contributed by atoms with Crippen molar-refractivity contribution in [3.8, 4) is 0 Å². The molecule has 1 saturated carbocycles. The molecular weight excluding hydrogens is 186 g/mol. The Morgan fingerprint density at radius 1 is 1.47 bits per heavy atom. The molecule has 82 valence electrons. The summed E-state index contributed by atoms with van der Waals surface area (Å²) in [5.41, 5.74) is 7.40. The van der Waals surface area contributed by atoms with Gasteiger partial charge in [-0.05, 0) is 42.9 Å². The van der Waals surface area contributed by atoms with Crippen molar-refractivity contribution in [1.82, 2.24) is 0 Å². The highest BCUT2D eigenvalue weighted by Crippen LogP contribution is 2.45. The van der Waals surface area contributed by atoms with E-state index in [9.17, 15) is 5.11 Å². The van der Waals surface area contributed by atoms with Gasteiger partial charge in [-0.3, -0.25) is 0 Å². The molecule has 1 aromatic rings. The van der Waals surface area contributed by atoms with E-state index in [1.807, 2.05) is 12.1 Å². The predicted molar refractivity (Wildman–Crippen MR) is 61.7 cm³/mol. The van der Waals surface area contributed by atoms with Gasteiger partial charge in [0.05, 0.1) is 5.60 Å². The van der Waals surface area contributed by atoms with Crippen LogP contribution in [0.5, 0.6) is 0 Å². The second kappa shape index (κ2) is 3.95. The van der Waals surface area contributed by atoms with Crippen LogP contribution in [0.1, 0.15) is 43.2 Å². The van der Waals surface area contributed by atoms with Crippen LogP contribution in [0.4, 0.5) is 0 Å². The number of hydrogen-bond acceptors (Lipinski definition) is 2. The summed E-state index contributed by atoms with van der Waals surface area (Å²) in [5.74, 6) is 0.484. The van der Waals surface area contributed by atoms with Crippen LogP contribution in [-0.4, -0.2) is 11.7 Å². The first-order chi connectivity index (χ1) is 7.15. The molecule has 1 fully saturated rings. The molecule has 0 aliphatic heterocycles. The summed E-state index contributed by atoms with van der Waals surface area (Å²) in [6.07, 6.45) is 2.81. The molecule has 0 saturated heterocycles. The summed E-state index contributed by atoms with van der Waals surface area (Å²) in [7, 11) is 0. The van der Waals surface area contributed by atoms with E-state index in [4.69, 9.17) is 5.73 Å². The third kappa shape index (κ3) is 2.21. The molecular formula is C13H19NO. The van der Waals surface area contributed by atoms with Crippen molar-refractivity contribution >= 4 is 0 Å². The van der Waals surface area contributed by atoms with Gasteiger partial charge in [-0.2, -0.15) is 0 Å². The van der Waals surface area contributed by atoms with E-state index in [1.54, 1.807) is 0 Å². The lowest BCUT2D eigenvalue weighted by Gasteiger charge is -2.14. The molecule has 1 aromatic carbocycles. The highest BCUT2D eigenvalue weighted by Gasteiger charge is 2.42. The summed E-state index contributed by atoms with van der Waals surface area (Å²) in [6, 6.07) is 8.31. The molecule has 3 N–H and O–H groups in total. The van der Waals surface area contributed by atoms with Crippen LogP contribution in [0.15, 0.2) is 24.3 Å². The van der Waals surface area contributed by atoms with Crippen LogP contribution in [0.25, 0.3) is 0 Å². The minimum absolute atomic E-state index is 0.484. The smallest absolute Gasteiger partial charge is 0.0899 e. The Balaban J connectivity index is 2.19. The second-order valence-electron chi connectivity index (χ2n) is 4.64. The fourth-order valence-corrected chi connectivity index (χ4v) is 1.96. The zero-order valence-electron chi connectivity index (χ0n) is 9.24. The van der Waals surface area contributed by atoms with Crippen LogP contribution in [0, 0.1) is 0 Å². The third-order valence-corrected chi connectivity index (χ3v) is 3.32. The maximum atomic E-state index is 10.0. The van der Waals surface area contributed by atoms with E-state index < -0.39 is 5.60 Å². The quantitative estimate of drug-likeness (QED) is 0.791. The van der Waals surface area contributed by atoms with Gasteiger partial charge in [-0.1, -0.05) is 31.2 Å². The summed E-state index contributed by atoms with van der Waals surface area (Å²) in [4.78, 5) is 0. The molecule has 0 aromatic heterocycles. The largest absolute Gasteiger partial charge is 0.385 e. The van der Waals surface area contributed by atoms with Gasteiger partial charge in [0, 0.05) is 0 Å². The molecule has 0 bridgehead atoms. The van der Waals surface area contributed by atoms with Gasteiger partial charge in [0.25, 0.3) is 0 Å². The normalized spacial score (nSPS) is 19.9. The van der Waals surface area contributed by atoms with Crippen molar-refractivity contribution in [1.29, 1.82) is 0 Å². The SMILES string of the molecule is CC(CCN)c1cccc(C2(O)CC2)c1. The topological polar surface area (TPSA) is 46.2 Å². The lowest BCUT2D eigenvalue weighted by molar-refractivity contribution is 0.151. The molecule has 0 amide bonds. The van der Waals surface area contributed by atoms with E-state index in [0.29, 0.717) is 5.92 Å². The van der Waals surface area contributed by atoms with E-state index in [0.717, 1.165) is 31.4 Å². The maximum absolute atomic E-state index is 10.0. The molecule has 0 heterocycles. The van der Waals surface area contributed by atoms with Crippen molar-refractivity contribution in [2.45, 2.75) is 37.7 Å². The molecule has 2 heteroatoms. The Kier molecular flexibility index (Phi) is 2.81. The Morgan fingerprint density at radius 2 is 2.20 bits per heavy atom. The monoisotopic (exact) mass is 205 g/mol. The van der Waals surface area contributed by atoms with Crippen LogP contribution in [0.3, 0.4) is 0 Å². The zero-order valence-corrected chi connectivity index (χ0v) is 9.24. The van der Waals surface area contributed by atoms with Gasteiger partial charge in [-0.25, -0.2) is 0 Å². The second-order valence-corrected chi connectivity index (χ2v) is 4.64. The molecule has 2 rings (SSSR count). The Hall–Kier alpha value is -0.860. The predicted octanol–water partition coefficient (Wildman–Crippen LogP) is 2.12. The van der Waals surface area contributed by atoms with Crippen molar-refractivity contribution in [3.63, 3.8) is 0 Å². The Bertz CT molecular complexity index is 344. The Labute approximate surface area is 91.1 Å². The van der Waals surface area contributed by atoms with E-state index in [1.165, 1.54) is 5.56 Å². The van der Waals surface area contributed by atoms with Crippen LogP contribution in [0.2, 0.25) is 0 Å². The number of hydrogen-bond donors (Lipinski definition) is 2. The number of rotatable bonds is 4. The minimum atomic E-state index is -0.515. The highest BCUT2D eigenvalue weighted by molar-refractivity contribution is 5.33. The van der Waals surface area contributed by atoms with Gasteiger partial charge in [0.1, 0.15) is 0 Å². The van der Waals surface area contributed by atoms with Crippen molar-refractivity contribution in [3.05, 3.63) is 35.4 Å². The van der Waals surface area contributed by atoms with E-state index in [2.05, 4.69) is 19.1 Å². The molecule has 0 radical (unpaired) electrons. The zero-order chi connectivity index (χ0) is 10.9. The minimum Gasteiger partial charge on any atom is -0.385 e. The summed E-state index contributed by atoms with van der Waals surface area (Å²) in [5, 5.41) is 10.0. The van der Waals surface area contributed by atoms with E-state index >= 15 is 0 Å². The Morgan fingerprint density at radius 3 is 2.80 bits per heavy atom. The lowest BCUT2D eigenvalue weighted by atomic mass is 9.94. The number of aliphatic hydroxyl groups is 1. The average Bonchev–Trinajstić information content (AvgIpc) is 2.99. The fraction of sp³-hybridized carbons (Fsp3) is 0.538. The van der Waals surface area contributed by atoms with Crippen molar-refractivity contribution < 1.29 is 5.11 Å². The summed E-state index contributed by atoms with van der Waals surface area (Å²) in [6.45, 7) is 2.90. The molecule has 1 unspecified atom stereocenters. The van der Waals surface area contributed by atoms with Crippen molar-refractivity contribution in [2.24, 2.45) is 5.73 Å². The summed E-state index contributed by atoms with van der Waals surface area (Å²) < 4.78 is 0. The first-order valence-corrected chi connectivity index (χ1v) is 5.68. The molecule has 1 atom stereocenters. The molecule has 1 aliphatic carbocycles. The molecule has 2 nitrogen and oxygen atoms in total. The number of nitrogens with two attached hydrogens (primary N) is 1. The molecule has 0 spiro atoms. The van der Waals surface area contributed by atoms with Crippen molar-refractivity contribution in [2.75, 3.05) is 6.54 Å². The summed E-state index contributed by atoms with van der Waals surface area (Å²) >= 11 is 0. The van der Waals surface area contributed by atoms with Gasteiger partial charge in [0.2, 0.25) is 0 Å². The van der Waals surface area contributed by atoms with Crippen LogP contribution >= 0.6 is 0 Å². The van der Waals surface area contributed by atoms with Crippen LogP contribution in [-0.2, 0) is 5.60 Å². The maximum Gasteiger partial charge on any atom is 0.0899 e. The first-order valence-electron chi connectivity index (χ1n) is 5.68. The molecule has 1 aliphatic rings. The average molecular weight is 205 g/mol.